The van der Waals surface area contributed by atoms with Crippen LogP contribution in [0.1, 0.15) is 0 Å². The molecule has 262 valence electrons. The summed E-state index contributed by atoms with van der Waals surface area (Å²) in [4.78, 5) is 19.5. The van der Waals surface area contributed by atoms with Gasteiger partial charge in [-0.25, -0.2) is 9.97 Å². The van der Waals surface area contributed by atoms with Crippen LogP contribution in [0.5, 0.6) is 0 Å². The third-order valence-corrected chi connectivity index (χ3v) is 10.4. The Morgan fingerprint density at radius 3 is 1.41 bits per heavy atom. The second-order valence-corrected chi connectivity index (χ2v) is 13.9. The summed E-state index contributed by atoms with van der Waals surface area (Å²) in [5, 5.41) is 3.45. The van der Waals surface area contributed by atoms with Crippen LogP contribution >= 0.6 is 0 Å². The Morgan fingerprint density at radius 1 is 0.286 bits per heavy atom. The van der Waals surface area contributed by atoms with E-state index >= 15 is 0 Å². The molecule has 0 atom stereocenters. The minimum absolute atomic E-state index is 0.808. The molecule has 0 bridgehead atoms. The van der Waals surface area contributed by atoms with Crippen molar-refractivity contribution < 1.29 is 0 Å². The average Bonchev–Trinajstić information content (AvgIpc) is 3.29. The lowest BCUT2D eigenvalue weighted by atomic mass is 9.91. The zero-order valence-electron chi connectivity index (χ0n) is 30.4. The maximum atomic E-state index is 5.35. The molecule has 10 aromatic rings. The second kappa shape index (κ2) is 14.3. The molecule has 4 heterocycles. The Labute approximate surface area is 325 Å². The maximum absolute atomic E-state index is 5.35. The van der Waals surface area contributed by atoms with Crippen LogP contribution in [0.4, 0.5) is 0 Å². The number of rotatable bonds is 7. The average molecular weight is 715 g/mol. The molecule has 0 unspecified atom stereocenters. The Hall–Kier alpha value is -7.56. The van der Waals surface area contributed by atoms with Crippen molar-refractivity contribution in [2.24, 2.45) is 0 Å². The summed E-state index contributed by atoms with van der Waals surface area (Å²) in [6.07, 6.45) is 3.60. The summed E-state index contributed by atoms with van der Waals surface area (Å²) in [6.45, 7) is 0. The van der Waals surface area contributed by atoms with E-state index < -0.39 is 0 Å². The zero-order chi connectivity index (χ0) is 37.3. The summed E-state index contributed by atoms with van der Waals surface area (Å²) >= 11 is 0. The summed E-state index contributed by atoms with van der Waals surface area (Å²) in [7, 11) is 0. The van der Waals surface area contributed by atoms with Gasteiger partial charge < -0.3 is 0 Å². The van der Waals surface area contributed by atoms with Crippen LogP contribution in [0.2, 0.25) is 0 Å². The van der Waals surface area contributed by atoms with Crippen LogP contribution in [-0.2, 0) is 0 Å². The SMILES string of the molecule is c1ccc(-c2ccc(-c3nc4ccc(-c5ccc(-c6cc(-c7ccccn7)nc(-c7ccccn7)c6)cc5)cc4c4c(-c5ccccc5)cccc34)cc2)cc1. The fourth-order valence-electron chi connectivity index (χ4n) is 7.61. The van der Waals surface area contributed by atoms with E-state index in [2.05, 4.69) is 168 Å². The van der Waals surface area contributed by atoms with Crippen molar-refractivity contribution in [3.05, 3.63) is 207 Å². The van der Waals surface area contributed by atoms with Gasteiger partial charge in [0.15, 0.2) is 0 Å². The lowest BCUT2D eigenvalue weighted by Gasteiger charge is -2.16. The molecule has 0 amide bonds. The van der Waals surface area contributed by atoms with Gasteiger partial charge in [-0.05, 0) is 93.0 Å². The summed E-state index contributed by atoms with van der Waals surface area (Å²) < 4.78 is 0. The molecule has 6 aromatic carbocycles. The van der Waals surface area contributed by atoms with Crippen LogP contribution in [0.15, 0.2) is 207 Å². The van der Waals surface area contributed by atoms with Gasteiger partial charge in [0.1, 0.15) is 0 Å². The van der Waals surface area contributed by atoms with E-state index in [0.717, 1.165) is 72.6 Å². The molecule has 0 spiro atoms. The van der Waals surface area contributed by atoms with Crippen molar-refractivity contribution >= 4 is 21.7 Å². The molecule has 0 fully saturated rings. The predicted octanol–water partition coefficient (Wildman–Crippen LogP) is 13.2. The Balaban J connectivity index is 1.08. The van der Waals surface area contributed by atoms with Crippen molar-refractivity contribution in [1.29, 1.82) is 0 Å². The molecule has 0 saturated carbocycles. The first-order valence-corrected chi connectivity index (χ1v) is 18.8. The number of fused-ring (bicyclic) bond motifs is 3. The van der Waals surface area contributed by atoms with E-state index in [0.29, 0.717) is 0 Å². The highest BCUT2D eigenvalue weighted by Gasteiger charge is 2.16. The summed E-state index contributed by atoms with van der Waals surface area (Å²) in [5.74, 6) is 0. The van der Waals surface area contributed by atoms with Gasteiger partial charge in [-0.1, -0.05) is 146 Å². The number of hydrogen-bond acceptors (Lipinski definition) is 4. The molecule has 0 saturated heterocycles. The van der Waals surface area contributed by atoms with Gasteiger partial charge >= 0.3 is 0 Å². The van der Waals surface area contributed by atoms with Gasteiger partial charge in [0.2, 0.25) is 0 Å². The molecule has 0 N–H and O–H groups in total. The zero-order valence-corrected chi connectivity index (χ0v) is 30.4. The molecule has 4 aromatic heterocycles. The van der Waals surface area contributed by atoms with E-state index in [1.54, 1.807) is 12.4 Å². The van der Waals surface area contributed by atoms with Gasteiger partial charge in [-0.15, -0.1) is 0 Å². The van der Waals surface area contributed by atoms with E-state index in [1.807, 2.05) is 36.4 Å². The van der Waals surface area contributed by atoms with Gasteiger partial charge in [-0.2, -0.15) is 0 Å². The van der Waals surface area contributed by atoms with Crippen LogP contribution in [0.25, 0.3) is 100 Å². The van der Waals surface area contributed by atoms with Gasteiger partial charge in [0.05, 0.1) is 34.0 Å². The number of pyridine rings is 4. The van der Waals surface area contributed by atoms with E-state index in [9.17, 15) is 0 Å². The second-order valence-electron chi connectivity index (χ2n) is 13.9. The Morgan fingerprint density at radius 2 is 0.804 bits per heavy atom. The molecular weight excluding hydrogens is 681 g/mol. The van der Waals surface area contributed by atoms with E-state index in [1.165, 1.54) is 27.6 Å². The van der Waals surface area contributed by atoms with Gasteiger partial charge in [0.25, 0.3) is 0 Å². The largest absolute Gasteiger partial charge is 0.255 e. The molecule has 4 heteroatoms. The Kier molecular flexibility index (Phi) is 8.47. The lowest BCUT2D eigenvalue weighted by Crippen LogP contribution is -1.94. The van der Waals surface area contributed by atoms with Gasteiger partial charge in [-0.3, -0.25) is 9.97 Å². The normalized spacial score (nSPS) is 11.2. The Bertz CT molecular complexity index is 2910. The molecule has 0 aliphatic carbocycles. The van der Waals surface area contributed by atoms with Crippen molar-refractivity contribution in [1.82, 2.24) is 19.9 Å². The first kappa shape index (κ1) is 33.0. The van der Waals surface area contributed by atoms with Gasteiger partial charge in [0, 0.05) is 34.1 Å². The lowest BCUT2D eigenvalue weighted by molar-refractivity contribution is 1.22. The predicted molar refractivity (Wildman–Crippen MR) is 231 cm³/mol. The van der Waals surface area contributed by atoms with E-state index in [-0.39, 0.29) is 0 Å². The summed E-state index contributed by atoms with van der Waals surface area (Å²) in [6, 6.07) is 68.0. The third kappa shape index (κ3) is 6.29. The van der Waals surface area contributed by atoms with Crippen LogP contribution in [0, 0.1) is 0 Å². The monoisotopic (exact) mass is 714 g/mol. The molecule has 56 heavy (non-hydrogen) atoms. The smallest absolute Gasteiger partial charge is 0.0900 e. The number of hydrogen-bond donors (Lipinski definition) is 0. The number of benzene rings is 6. The van der Waals surface area contributed by atoms with Crippen LogP contribution in [-0.4, -0.2) is 19.9 Å². The van der Waals surface area contributed by atoms with Crippen molar-refractivity contribution in [2.45, 2.75) is 0 Å². The minimum atomic E-state index is 0.808. The minimum Gasteiger partial charge on any atom is -0.255 e. The van der Waals surface area contributed by atoms with Crippen molar-refractivity contribution in [2.75, 3.05) is 0 Å². The molecule has 0 aliphatic heterocycles. The first-order chi connectivity index (χ1) is 27.7. The van der Waals surface area contributed by atoms with Crippen molar-refractivity contribution in [3.8, 4) is 78.5 Å². The molecular formula is C52H34N4. The topological polar surface area (TPSA) is 51.6 Å². The number of aromatic nitrogens is 4. The van der Waals surface area contributed by atoms with Crippen LogP contribution in [0.3, 0.4) is 0 Å². The standard InChI is InChI=1S/C52H34N4/c1-3-12-35(13-4-1)36-24-26-40(27-25-36)52-44-17-11-16-43(39-14-5-2-6-15-39)51(44)45-32-41(28-29-46(45)56-52)37-20-22-38(23-21-37)42-33-49(47-18-7-9-30-53-47)55-50(34-42)48-19-8-10-31-54-48/h1-34H. The fourth-order valence-corrected chi connectivity index (χ4v) is 7.61. The number of nitrogens with zero attached hydrogens (tertiary/aromatic N) is 4. The molecule has 0 radical (unpaired) electrons. The third-order valence-electron chi connectivity index (χ3n) is 10.4. The van der Waals surface area contributed by atoms with E-state index in [4.69, 9.17) is 9.97 Å². The highest BCUT2D eigenvalue weighted by molar-refractivity contribution is 6.17. The molecule has 0 aliphatic rings. The van der Waals surface area contributed by atoms with Crippen LogP contribution < -0.4 is 0 Å². The first-order valence-electron chi connectivity index (χ1n) is 18.8. The molecule has 4 nitrogen and oxygen atoms in total. The van der Waals surface area contributed by atoms with Crippen molar-refractivity contribution in [3.63, 3.8) is 0 Å². The summed E-state index contributed by atoms with van der Waals surface area (Å²) in [5.41, 5.74) is 15.5. The highest BCUT2D eigenvalue weighted by Crippen LogP contribution is 2.40. The maximum Gasteiger partial charge on any atom is 0.0900 e. The quantitative estimate of drug-likeness (QED) is 0.154. The highest BCUT2D eigenvalue weighted by atomic mass is 14.8. The molecule has 10 rings (SSSR count). The fraction of sp³-hybridized carbons (Fsp3) is 0.